The maximum atomic E-state index is 11.1. The summed E-state index contributed by atoms with van der Waals surface area (Å²) >= 11 is 0. The molecule has 2 aromatic rings. The van der Waals surface area contributed by atoms with Crippen molar-refractivity contribution in [3.8, 4) is 0 Å². The molecule has 0 saturated carbocycles. The van der Waals surface area contributed by atoms with Crippen molar-refractivity contribution in [3.63, 3.8) is 0 Å². The van der Waals surface area contributed by atoms with Gasteiger partial charge in [-0.2, -0.15) is 0 Å². The summed E-state index contributed by atoms with van der Waals surface area (Å²) in [6.45, 7) is 2.38. The fourth-order valence-electron chi connectivity index (χ4n) is 1.70. The van der Waals surface area contributed by atoms with Crippen molar-refractivity contribution in [2.75, 3.05) is 11.1 Å². The minimum atomic E-state index is -0.537. The zero-order valence-corrected chi connectivity index (χ0v) is 10.1. The second kappa shape index (κ2) is 4.83. The number of hydrogen-bond acceptors (Lipinski definition) is 4. The number of aryl methyl sites for hydroxylation is 1. The third-order valence-corrected chi connectivity index (χ3v) is 2.62. The van der Waals surface area contributed by atoms with E-state index in [0.29, 0.717) is 23.5 Å². The zero-order valence-electron chi connectivity index (χ0n) is 10.1. The lowest BCUT2D eigenvalue weighted by Crippen LogP contribution is -2.14. The number of nitrogens with one attached hydrogen (secondary N) is 1. The number of carbonyl (C=O) groups is 1. The van der Waals surface area contributed by atoms with Crippen LogP contribution in [0.5, 0.6) is 0 Å². The van der Waals surface area contributed by atoms with E-state index in [9.17, 15) is 4.79 Å². The summed E-state index contributed by atoms with van der Waals surface area (Å²) in [5.74, 6) is 1.12. The van der Waals surface area contributed by atoms with Crippen LogP contribution < -0.4 is 16.8 Å². The van der Waals surface area contributed by atoms with Crippen LogP contribution in [0, 0.1) is 6.92 Å². The number of nitrogens with two attached hydrogens (primary N) is 2. The van der Waals surface area contributed by atoms with E-state index in [0.717, 1.165) is 11.5 Å². The molecule has 1 heterocycles. The van der Waals surface area contributed by atoms with Crippen molar-refractivity contribution < 1.29 is 9.21 Å². The van der Waals surface area contributed by atoms with Crippen molar-refractivity contribution in [2.45, 2.75) is 13.5 Å². The third-order valence-electron chi connectivity index (χ3n) is 2.62. The van der Waals surface area contributed by atoms with Gasteiger partial charge in [-0.3, -0.25) is 4.79 Å². The first-order chi connectivity index (χ1) is 8.58. The van der Waals surface area contributed by atoms with E-state index in [1.54, 1.807) is 18.2 Å². The molecule has 0 fully saturated rings. The summed E-state index contributed by atoms with van der Waals surface area (Å²) < 4.78 is 5.43. The average Bonchev–Trinajstić information content (AvgIpc) is 2.73. The van der Waals surface area contributed by atoms with Gasteiger partial charge in [-0.1, -0.05) is 6.07 Å². The van der Waals surface area contributed by atoms with Crippen molar-refractivity contribution in [1.82, 2.24) is 0 Å². The highest BCUT2D eigenvalue weighted by molar-refractivity contribution is 6.00. The number of benzene rings is 1. The van der Waals surface area contributed by atoms with Crippen molar-refractivity contribution in [1.29, 1.82) is 0 Å². The lowest BCUT2D eigenvalue weighted by atomic mass is 10.1. The van der Waals surface area contributed by atoms with Gasteiger partial charge in [-0.25, -0.2) is 0 Å². The van der Waals surface area contributed by atoms with E-state index in [1.807, 2.05) is 19.1 Å². The van der Waals surface area contributed by atoms with Crippen LogP contribution in [0.15, 0.2) is 34.7 Å². The summed E-state index contributed by atoms with van der Waals surface area (Å²) in [6, 6.07) is 8.89. The van der Waals surface area contributed by atoms with E-state index in [-0.39, 0.29) is 0 Å². The number of hydrogen-bond donors (Lipinski definition) is 3. The predicted molar refractivity (Wildman–Crippen MR) is 70.1 cm³/mol. The Hall–Kier alpha value is -2.43. The Balaban J connectivity index is 2.14. The molecule has 1 aromatic heterocycles. The molecular formula is C13H15N3O2. The number of furan rings is 1. The zero-order chi connectivity index (χ0) is 13.1. The highest BCUT2D eigenvalue weighted by Gasteiger charge is 2.09. The van der Waals surface area contributed by atoms with Gasteiger partial charge in [-0.15, -0.1) is 0 Å². The molecule has 0 radical (unpaired) electrons. The molecule has 18 heavy (non-hydrogen) atoms. The molecule has 1 amide bonds. The Morgan fingerprint density at radius 1 is 1.33 bits per heavy atom. The maximum absolute atomic E-state index is 11.1. The minimum absolute atomic E-state index is 0.315. The second-order valence-corrected chi connectivity index (χ2v) is 4.00. The second-order valence-electron chi connectivity index (χ2n) is 4.00. The monoisotopic (exact) mass is 245 g/mol. The molecule has 5 nitrogen and oxygen atoms in total. The third kappa shape index (κ3) is 2.45. The molecule has 94 valence electrons. The number of rotatable bonds is 4. The van der Waals surface area contributed by atoms with Gasteiger partial charge in [-0.05, 0) is 31.2 Å². The fourth-order valence-corrected chi connectivity index (χ4v) is 1.70. The molecule has 0 bridgehead atoms. The van der Waals surface area contributed by atoms with Gasteiger partial charge in [0.2, 0.25) is 0 Å². The van der Waals surface area contributed by atoms with Gasteiger partial charge in [0.15, 0.2) is 0 Å². The first-order valence-corrected chi connectivity index (χ1v) is 5.55. The lowest BCUT2D eigenvalue weighted by molar-refractivity contribution is 0.100. The van der Waals surface area contributed by atoms with Gasteiger partial charge >= 0.3 is 0 Å². The van der Waals surface area contributed by atoms with E-state index in [4.69, 9.17) is 15.9 Å². The highest BCUT2D eigenvalue weighted by atomic mass is 16.3. The SMILES string of the molecule is Cc1ccc(CNc2cccc(C(N)=O)c2N)o1. The molecule has 0 unspecified atom stereocenters. The largest absolute Gasteiger partial charge is 0.465 e. The molecule has 0 aliphatic carbocycles. The Labute approximate surface area is 105 Å². The summed E-state index contributed by atoms with van der Waals surface area (Å²) in [5, 5.41) is 3.11. The van der Waals surface area contributed by atoms with E-state index in [2.05, 4.69) is 5.32 Å². The summed E-state index contributed by atoms with van der Waals surface area (Å²) in [6.07, 6.45) is 0. The Morgan fingerprint density at radius 2 is 2.11 bits per heavy atom. The molecule has 5 N–H and O–H groups in total. The summed E-state index contributed by atoms with van der Waals surface area (Å²) in [5.41, 5.74) is 12.4. The van der Waals surface area contributed by atoms with Crippen LogP contribution in [-0.2, 0) is 6.54 Å². The first-order valence-electron chi connectivity index (χ1n) is 5.55. The topological polar surface area (TPSA) is 94.3 Å². The predicted octanol–water partition coefficient (Wildman–Crippen LogP) is 1.88. The Bertz CT molecular complexity index is 575. The van der Waals surface area contributed by atoms with E-state index in [1.165, 1.54) is 0 Å². The number of carbonyl (C=O) groups excluding carboxylic acids is 1. The van der Waals surface area contributed by atoms with Crippen LogP contribution in [-0.4, -0.2) is 5.91 Å². The normalized spacial score (nSPS) is 10.3. The molecule has 2 rings (SSSR count). The van der Waals surface area contributed by atoms with Crippen LogP contribution in [0.1, 0.15) is 21.9 Å². The molecule has 0 atom stereocenters. The highest BCUT2D eigenvalue weighted by Crippen LogP contribution is 2.23. The lowest BCUT2D eigenvalue weighted by Gasteiger charge is -2.10. The Kier molecular flexibility index (Phi) is 3.23. The maximum Gasteiger partial charge on any atom is 0.250 e. The first kappa shape index (κ1) is 12.0. The minimum Gasteiger partial charge on any atom is -0.465 e. The van der Waals surface area contributed by atoms with E-state index < -0.39 is 5.91 Å². The molecular weight excluding hydrogens is 230 g/mol. The van der Waals surface area contributed by atoms with Crippen LogP contribution in [0.4, 0.5) is 11.4 Å². The number of anilines is 2. The fraction of sp³-hybridized carbons (Fsp3) is 0.154. The van der Waals surface area contributed by atoms with Gasteiger partial charge in [0.25, 0.3) is 5.91 Å². The van der Waals surface area contributed by atoms with Gasteiger partial charge < -0.3 is 21.2 Å². The smallest absolute Gasteiger partial charge is 0.250 e. The van der Waals surface area contributed by atoms with Crippen molar-refractivity contribution in [2.24, 2.45) is 5.73 Å². The average molecular weight is 245 g/mol. The number of primary amides is 1. The molecule has 5 heteroatoms. The van der Waals surface area contributed by atoms with Crippen LogP contribution in [0.3, 0.4) is 0 Å². The summed E-state index contributed by atoms with van der Waals surface area (Å²) in [4.78, 5) is 11.1. The quantitative estimate of drug-likeness (QED) is 0.717. The number of para-hydroxylation sites is 1. The molecule has 0 aliphatic heterocycles. The number of amides is 1. The van der Waals surface area contributed by atoms with Crippen LogP contribution in [0.25, 0.3) is 0 Å². The van der Waals surface area contributed by atoms with Gasteiger partial charge in [0, 0.05) is 0 Å². The van der Waals surface area contributed by atoms with Gasteiger partial charge in [0.05, 0.1) is 23.5 Å². The molecule has 0 saturated heterocycles. The molecule has 0 aliphatic rings. The Morgan fingerprint density at radius 3 is 2.72 bits per heavy atom. The van der Waals surface area contributed by atoms with Gasteiger partial charge in [0.1, 0.15) is 11.5 Å². The van der Waals surface area contributed by atoms with Crippen molar-refractivity contribution >= 4 is 17.3 Å². The number of nitrogen functional groups attached to an aromatic ring is 1. The van der Waals surface area contributed by atoms with Crippen molar-refractivity contribution in [3.05, 3.63) is 47.4 Å². The standard InChI is InChI=1S/C13H15N3O2/c1-8-5-6-9(18-8)7-16-11-4-2-3-10(12(11)14)13(15)17/h2-6,16H,7,14H2,1H3,(H2,15,17). The van der Waals surface area contributed by atoms with Crippen LogP contribution >= 0.6 is 0 Å². The van der Waals surface area contributed by atoms with Crippen LogP contribution in [0.2, 0.25) is 0 Å². The molecule has 0 spiro atoms. The summed E-state index contributed by atoms with van der Waals surface area (Å²) in [7, 11) is 0. The molecule has 1 aromatic carbocycles. The van der Waals surface area contributed by atoms with E-state index >= 15 is 0 Å².